The second-order valence-electron chi connectivity index (χ2n) is 5.82. The molecule has 2 rings (SSSR count). The molecule has 0 aromatic carbocycles. The highest BCUT2D eigenvalue weighted by molar-refractivity contribution is 4.88. The van der Waals surface area contributed by atoms with E-state index in [0.717, 1.165) is 12.5 Å². The summed E-state index contributed by atoms with van der Waals surface area (Å²) in [5.74, 6) is 0.935. The van der Waals surface area contributed by atoms with Gasteiger partial charge in [-0.25, -0.2) is 0 Å². The van der Waals surface area contributed by atoms with Crippen LogP contribution < -0.4 is 5.32 Å². The van der Waals surface area contributed by atoms with Gasteiger partial charge in [-0.3, -0.25) is 0 Å². The predicted octanol–water partition coefficient (Wildman–Crippen LogP) is 1.55. The van der Waals surface area contributed by atoms with Gasteiger partial charge in [-0.15, -0.1) is 0 Å². The number of hydrogen-bond acceptors (Lipinski definition) is 3. The Balaban J connectivity index is 1.64. The first kappa shape index (κ1) is 12.3. The van der Waals surface area contributed by atoms with E-state index >= 15 is 0 Å². The van der Waals surface area contributed by atoms with Gasteiger partial charge in [0, 0.05) is 12.6 Å². The van der Waals surface area contributed by atoms with Gasteiger partial charge in [0.1, 0.15) is 0 Å². The van der Waals surface area contributed by atoms with E-state index in [1.165, 1.54) is 32.1 Å². The molecule has 0 aromatic heterocycles. The lowest BCUT2D eigenvalue weighted by atomic mass is 9.86. The molecule has 2 aliphatic rings. The van der Waals surface area contributed by atoms with Crippen molar-refractivity contribution in [1.29, 1.82) is 0 Å². The third-order valence-electron chi connectivity index (χ3n) is 4.14. The van der Waals surface area contributed by atoms with Crippen LogP contribution in [0.2, 0.25) is 0 Å². The molecule has 0 bridgehead atoms. The van der Waals surface area contributed by atoms with E-state index in [4.69, 9.17) is 4.74 Å². The average Bonchev–Trinajstić information content (AvgIpc) is 2.69. The molecule has 94 valence electrons. The number of aliphatic hydroxyl groups excluding tert-OH is 1. The fourth-order valence-corrected chi connectivity index (χ4v) is 2.86. The van der Waals surface area contributed by atoms with E-state index in [0.29, 0.717) is 19.3 Å². The lowest BCUT2D eigenvalue weighted by molar-refractivity contribution is -0.135. The van der Waals surface area contributed by atoms with Crippen LogP contribution in [0, 0.1) is 11.3 Å². The fraction of sp³-hybridized carbons (Fsp3) is 1.00. The monoisotopic (exact) mass is 227 g/mol. The molecule has 3 heteroatoms. The van der Waals surface area contributed by atoms with E-state index < -0.39 is 0 Å². The molecule has 1 atom stereocenters. The summed E-state index contributed by atoms with van der Waals surface area (Å²) < 4.78 is 5.19. The van der Waals surface area contributed by atoms with Crippen molar-refractivity contribution in [2.75, 3.05) is 26.4 Å². The van der Waals surface area contributed by atoms with Crippen LogP contribution in [0.3, 0.4) is 0 Å². The Morgan fingerprint density at radius 1 is 1.38 bits per heavy atom. The Morgan fingerprint density at radius 3 is 2.56 bits per heavy atom. The minimum Gasteiger partial charge on any atom is -0.396 e. The molecule has 0 amide bonds. The van der Waals surface area contributed by atoms with Gasteiger partial charge in [0.05, 0.1) is 25.2 Å². The van der Waals surface area contributed by atoms with Gasteiger partial charge in [0.25, 0.3) is 0 Å². The van der Waals surface area contributed by atoms with Crippen LogP contribution in [-0.4, -0.2) is 37.5 Å². The van der Waals surface area contributed by atoms with Gasteiger partial charge >= 0.3 is 0 Å². The highest BCUT2D eigenvalue weighted by Crippen LogP contribution is 2.29. The van der Waals surface area contributed by atoms with Crippen LogP contribution in [-0.2, 0) is 4.74 Å². The highest BCUT2D eigenvalue weighted by Gasteiger charge is 2.38. The van der Waals surface area contributed by atoms with Crippen LogP contribution in [0.25, 0.3) is 0 Å². The van der Waals surface area contributed by atoms with E-state index in [-0.39, 0.29) is 12.0 Å². The molecule has 0 radical (unpaired) electrons. The Morgan fingerprint density at radius 2 is 2.06 bits per heavy atom. The number of hydrogen-bond donors (Lipinski definition) is 2. The van der Waals surface area contributed by atoms with Crippen LogP contribution >= 0.6 is 0 Å². The Bertz CT molecular complexity index is 204. The molecule has 2 fully saturated rings. The highest BCUT2D eigenvalue weighted by atomic mass is 16.5. The number of rotatable bonds is 6. The topological polar surface area (TPSA) is 41.5 Å². The standard InChI is InChI=1S/C13H25NO2/c1-11(6-12-4-2-3-5-12)14-7-13(8-15)9-16-10-13/h11-12,14-15H,2-10H2,1H3. The minimum absolute atomic E-state index is 0.0178. The lowest BCUT2D eigenvalue weighted by Gasteiger charge is -2.40. The van der Waals surface area contributed by atoms with Crippen molar-refractivity contribution in [3.63, 3.8) is 0 Å². The molecule has 16 heavy (non-hydrogen) atoms. The van der Waals surface area contributed by atoms with Crippen molar-refractivity contribution in [3.05, 3.63) is 0 Å². The normalized spacial score (nSPS) is 26.6. The number of ether oxygens (including phenoxy) is 1. The summed E-state index contributed by atoms with van der Waals surface area (Å²) in [6.45, 7) is 4.84. The van der Waals surface area contributed by atoms with Crippen LogP contribution in [0.5, 0.6) is 0 Å². The van der Waals surface area contributed by atoms with Crippen LogP contribution in [0.4, 0.5) is 0 Å². The first-order valence-corrected chi connectivity index (χ1v) is 6.66. The average molecular weight is 227 g/mol. The minimum atomic E-state index is 0.0178. The Labute approximate surface area is 98.6 Å². The molecule has 1 heterocycles. The summed E-state index contributed by atoms with van der Waals surface area (Å²) in [4.78, 5) is 0. The Hall–Kier alpha value is -0.120. The number of nitrogens with one attached hydrogen (secondary N) is 1. The van der Waals surface area contributed by atoms with Crippen molar-refractivity contribution >= 4 is 0 Å². The lowest BCUT2D eigenvalue weighted by Crippen LogP contribution is -2.53. The molecule has 3 nitrogen and oxygen atoms in total. The fourth-order valence-electron chi connectivity index (χ4n) is 2.86. The zero-order chi connectivity index (χ0) is 11.4. The Kier molecular flexibility index (Phi) is 4.22. The second kappa shape index (κ2) is 5.48. The summed E-state index contributed by atoms with van der Waals surface area (Å²) in [7, 11) is 0. The quantitative estimate of drug-likeness (QED) is 0.723. The molecule has 1 aliphatic heterocycles. The van der Waals surface area contributed by atoms with Gasteiger partial charge in [-0.2, -0.15) is 0 Å². The van der Waals surface area contributed by atoms with Gasteiger partial charge in [0.15, 0.2) is 0 Å². The second-order valence-corrected chi connectivity index (χ2v) is 5.82. The van der Waals surface area contributed by atoms with Crippen LogP contribution in [0.1, 0.15) is 39.0 Å². The maximum absolute atomic E-state index is 9.31. The largest absolute Gasteiger partial charge is 0.396 e. The first-order chi connectivity index (χ1) is 7.74. The molecule has 1 saturated carbocycles. The summed E-state index contributed by atoms with van der Waals surface area (Å²) in [5.41, 5.74) is 0.0178. The number of aliphatic hydroxyl groups is 1. The van der Waals surface area contributed by atoms with E-state index in [1.54, 1.807) is 0 Å². The predicted molar refractivity (Wildman–Crippen MR) is 64.4 cm³/mol. The summed E-state index contributed by atoms with van der Waals surface area (Å²) in [6, 6.07) is 0.576. The van der Waals surface area contributed by atoms with Crippen molar-refractivity contribution in [3.8, 4) is 0 Å². The molecule has 1 aliphatic carbocycles. The zero-order valence-electron chi connectivity index (χ0n) is 10.4. The summed E-state index contributed by atoms with van der Waals surface area (Å²) in [6.07, 6.45) is 6.97. The molecule has 1 unspecified atom stereocenters. The van der Waals surface area contributed by atoms with Gasteiger partial charge in [-0.1, -0.05) is 25.7 Å². The maximum atomic E-state index is 9.31. The molecule has 1 saturated heterocycles. The molecular weight excluding hydrogens is 202 g/mol. The van der Waals surface area contributed by atoms with Gasteiger partial charge < -0.3 is 15.2 Å². The van der Waals surface area contributed by atoms with Crippen molar-refractivity contribution in [2.24, 2.45) is 11.3 Å². The molecule has 0 spiro atoms. The smallest absolute Gasteiger partial charge is 0.0579 e. The molecule has 2 N–H and O–H groups in total. The van der Waals surface area contributed by atoms with E-state index in [1.807, 2.05) is 0 Å². The summed E-state index contributed by atoms with van der Waals surface area (Å²) in [5, 5.41) is 12.9. The summed E-state index contributed by atoms with van der Waals surface area (Å²) >= 11 is 0. The van der Waals surface area contributed by atoms with Crippen molar-refractivity contribution in [1.82, 2.24) is 5.32 Å². The third kappa shape index (κ3) is 2.96. The van der Waals surface area contributed by atoms with Crippen molar-refractivity contribution in [2.45, 2.75) is 45.1 Å². The van der Waals surface area contributed by atoms with Gasteiger partial charge in [-0.05, 0) is 19.3 Å². The van der Waals surface area contributed by atoms with Crippen molar-refractivity contribution < 1.29 is 9.84 Å². The van der Waals surface area contributed by atoms with E-state index in [2.05, 4.69) is 12.2 Å². The van der Waals surface area contributed by atoms with Gasteiger partial charge in [0.2, 0.25) is 0 Å². The SMILES string of the molecule is CC(CC1CCCC1)NCC1(CO)COC1. The maximum Gasteiger partial charge on any atom is 0.0579 e. The first-order valence-electron chi connectivity index (χ1n) is 6.66. The zero-order valence-corrected chi connectivity index (χ0v) is 10.4. The molecule has 0 aromatic rings. The molecular formula is C13H25NO2. The van der Waals surface area contributed by atoms with E-state index in [9.17, 15) is 5.11 Å². The third-order valence-corrected chi connectivity index (χ3v) is 4.14. The van der Waals surface area contributed by atoms with Crippen LogP contribution in [0.15, 0.2) is 0 Å².